The number of likely N-dealkylation sites (tertiary alicyclic amines) is 1. The number of carbonyl (C=O) groups is 14. The molecule has 14 amide bonds. The summed E-state index contributed by atoms with van der Waals surface area (Å²) in [6.07, 6.45) is 6.20. The van der Waals surface area contributed by atoms with Crippen molar-refractivity contribution in [1.29, 1.82) is 0 Å². The van der Waals surface area contributed by atoms with E-state index in [0.717, 1.165) is 49.1 Å². The quantitative estimate of drug-likeness (QED) is 0.00644. The molecule has 38 nitrogen and oxygen atoms in total. The number of alkyl carbamates (subject to hydrolysis) is 1. The molecule has 4 aliphatic heterocycles. The highest BCUT2D eigenvalue weighted by Crippen LogP contribution is 2.64. The summed E-state index contributed by atoms with van der Waals surface area (Å²) in [5, 5.41) is 34.8. The lowest BCUT2D eigenvalue weighted by molar-refractivity contribution is -0.162. The van der Waals surface area contributed by atoms with Gasteiger partial charge in [0.25, 0.3) is 5.91 Å². The highest BCUT2D eigenvalue weighted by molar-refractivity contribution is 8.03. The zero-order chi connectivity index (χ0) is 107. The number of fused-ring (bicyclic) bond motifs is 6. The van der Waals surface area contributed by atoms with E-state index < -0.39 is 148 Å². The topological polar surface area (TPSA) is 514 Å². The number of urea groups is 1. The van der Waals surface area contributed by atoms with Crippen LogP contribution in [0.5, 0.6) is 0 Å². The standard InChI is InChI=1S/C104H147ClN16O22S3/c1-18-20-33-78(137-17)104(136)55-76(141-98(134)117-104)62(5)88-103(13,143-88)79(54-82(124)119(15)69(19-2)56-105)142-96(132)63(6)118(14)81(123)43-52-144-60-83(125)121-46-40-65(41-47-121)92(128)114-77-32-26-22-25-30-70-85-89(102(70,77)12)146-59-75-74(58-145-85)111-71-39-36-66(53-73(71)112-75)91(127)108-45-49-139-51-50-138-48-42-80(122)115-84(61(3)4)94(130)113-72(31-27-44-109-97(107)133)93(129)110-68-37-34-64(35-38-68)57-140-99(135)120(16)87(101(10,11)67-28-23-21-24-29-67)95(131)116-86(90(106)126)100(7,8)9/h18-21,23-24,28-29,33-39,53,56,61-63,65,70,72,76-79,84-89,136H,1-2,22,25-27,30-32,40-52,54-55,57-60H2,3-17H3,(H2,106,126)(H,108,127)(H,110,129)(H,113,130)(H,114,128)(H,115,122)(H,116,131)(H,117,134)(H3,107,109,133)/b33-20+,69-56-/t62-,63+,70?,72+,76+,77?,78-,79+,84+,85?,86-,87-,88+,89?,102?,103+,104+/m1/s1. The molecule has 10 rings (SSSR count). The predicted octanol–water partition coefficient (Wildman–Crippen LogP) is 9.70. The smallest absolute Gasteiger partial charge is 0.410 e. The van der Waals surface area contributed by atoms with Crippen LogP contribution in [0.2, 0.25) is 0 Å². The number of aliphatic hydroxyl groups is 1. The van der Waals surface area contributed by atoms with Crippen molar-refractivity contribution in [3.05, 3.63) is 150 Å². The Morgan fingerprint density at radius 3 is 2.11 bits per heavy atom. The Morgan fingerprint density at radius 2 is 1.46 bits per heavy atom. The summed E-state index contributed by atoms with van der Waals surface area (Å²) < 4.78 is 40.8. The normalized spacial score (nSPS) is 22.7. The van der Waals surface area contributed by atoms with Crippen LogP contribution in [0.25, 0.3) is 11.0 Å². The van der Waals surface area contributed by atoms with Crippen LogP contribution in [0.4, 0.5) is 20.1 Å². The van der Waals surface area contributed by atoms with Crippen molar-refractivity contribution in [3.8, 4) is 0 Å². The van der Waals surface area contributed by atoms with Crippen LogP contribution in [-0.4, -0.2) is 293 Å². The van der Waals surface area contributed by atoms with E-state index in [9.17, 15) is 72.2 Å². The second-order valence-electron chi connectivity index (χ2n) is 40.6. The van der Waals surface area contributed by atoms with Crippen molar-refractivity contribution >= 4 is 147 Å². The van der Waals surface area contributed by atoms with E-state index in [2.05, 4.69) is 62.6 Å². The van der Waals surface area contributed by atoms with Crippen molar-refractivity contribution in [2.75, 3.05) is 97.7 Å². The molecule has 2 saturated carbocycles. The van der Waals surface area contributed by atoms with Gasteiger partial charge in [0.2, 0.25) is 53.2 Å². The fourth-order valence-electron chi connectivity index (χ4n) is 19.7. The number of anilines is 1. The molecular weight excluding hydrogens is 1960 g/mol. The summed E-state index contributed by atoms with van der Waals surface area (Å²) in [7, 11) is 5.78. The summed E-state index contributed by atoms with van der Waals surface area (Å²) >= 11 is 11.1. The number of halogens is 1. The summed E-state index contributed by atoms with van der Waals surface area (Å²) in [6.45, 7) is 28.4. The Labute approximate surface area is 872 Å². The zero-order valence-corrected chi connectivity index (χ0v) is 89.5. The number of aromatic nitrogens is 2. The van der Waals surface area contributed by atoms with Gasteiger partial charge in [-0.1, -0.05) is 167 Å². The first kappa shape index (κ1) is 117. The van der Waals surface area contributed by atoms with E-state index >= 15 is 0 Å². The molecule has 3 aromatic carbocycles. The molecule has 17 atom stereocenters. The number of nitrogens with zero attached hydrogens (tertiary/aromatic N) is 6. The highest BCUT2D eigenvalue weighted by Gasteiger charge is 2.66. The van der Waals surface area contributed by atoms with E-state index in [-0.39, 0.29) is 148 Å². The van der Waals surface area contributed by atoms with Crippen LogP contribution in [-0.2, 0) is 105 Å². The molecule has 800 valence electrons. The zero-order valence-electron chi connectivity index (χ0n) is 86.3. The molecule has 0 bridgehead atoms. The summed E-state index contributed by atoms with van der Waals surface area (Å²) in [5.41, 5.74) is 12.4. The van der Waals surface area contributed by atoms with Gasteiger partial charge in [-0.2, -0.15) is 35.3 Å². The van der Waals surface area contributed by atoms with Crippen LogP contribution in [0.3, 0.4) is 0 Å². The van der Waals surface area contributed by atoms with Gasteiger partial charge in [0.1, 0.15) is 60.7 Å². The van der Waals surface area contributed by atoms with Crippen LogP contribution in [0, 0.1) is 34.5 Å². The minimum absolute atomic E-state index is 0.00570. The molecule has 2 aliphatic carbocycles. The number of allylic oxidation sites excluding steroid dienone is 3. The molecule has 0 radical (unpaired) electrons. The number of rotatable bonds is 49. The molecule has 5 unspecified atom stereocenters. The maximum atomic E-state index is 14.5. The van der Waals surface area contributed by atoms with Crippen molar-refractivity contribution < 1.29 is 105 Å². The predicted molar refractivity (Wildman–Crippen MR) is 558 cm³/mol. The van der Waals surface area contributed by atoms with Crippen molar-refractivity contribution in [3.63, 3.8) is 0 Å². The van der Waals surface area contributed by atoms with Crippen LogP contribution in [0.1, 0.15) is 193 Å². The number of cyclic esters (lactones) is 1. The molecular formula is C104H147ClN16O22S3. The summed E-state index contributed by atoms with van der Waals surface area (Å²) in [5.74, 6) is -4.48. The Kier molecular flexibility index (Phi) is 42.7. The third-order valence-corrected chi connectivity index (χ3v) is 33.1. The number of amides is 14. The molecule has 1 aromatic heterocycles. The van der Waals surface area contributed by atoms with Crippen molar-refractivity contribution in [2.45, 2.75) is 266 Å². The lowest BCUT2D eigenvalue weighted by atomic mass is 9.53. The molecule has 13 N–H and O–H groups in total. The Hall–Kier alpha value is -10.9. The molecule has 5 heterocycles. The van der Waals surface area contributed by atoms with Crippen LogP contribution in [0.15, 0.2) is 121 Å². The Morgan fingerprint density at radius 1 is 0.781 bits per heavy atom. The summed E-state index contributed by atoms with van der Waals surface area (Å²) in [6, 6.07) is 14.4. The fraction of sp³-hybridized carbons (Fsp3) is 0.596. The second kappa shape index (κ2) is 53.3. The second-order valence-corrected chi connectivity index (χ2v) is 44.2. The van der Waals surface area contributed by atoms with Crippen molar-refractivity contribution in [1.82, 2.24) is 66.8 Å². The number of hydrogen-bond acceptors (Lipinski definition) is 27. The first-order valence-corrected chi connectivity index (χ1v) is 53.5. The molecule has 5 fully saturated rings. The van der Waals surface area contributed by atoms with Gasteiger partial charge in [-0.05, 0) is 117 Å². The first-order valence-electron chi connectivity index (χ1n) is 49.8. The van der Waals surface area contributed by atoms with Gasteiger partial charge >= 0.3 is 24.2 Å². The number of thioether (sulfide) groups is 3. The van der Waals surface area contributed by atoms with Gasteiger partial charge in [0.05, 0.1) is 72.8 Å². The van der Waals surface area contributed by atoms with E-state index in [1.165, 1.54) is 79.3 Å². The number of piperidine rings is 1. The number of esters is 1. The number of ether oxygens (including phenoxy) is 7. The van der Waals surface area contributed by atoms with Crippen LogP contribution >= 0.6 is 46.9 Å². The van der Waals surface area contributed by atoms with Gasteiger partial charge < -0.3 is 102 Å². The first-order chi connectivity index (χ1) is 69.2. The van der Waals surface area contributed by atoms with Crippen LogP contribution < -0.4 is 54.0 Å². The lowest BCUT2D eigenvalue weighted by Gasteiger charge is -2.64. The number of likely N-dealkylation sites (N-methyl/N-ethyl adjacent to an activating group) is 3. The third kappa shape index (κ3) is 30.5. The summed E-state index contributed by atoms with van der Waals surface area (Å²) in [4.78, 5) is 206. The van der Waals surface area contributed by atoms with E-state index in [0.29, 0.717) is 76.5 Å². The molecule has 3 saturated heterocycles. The van der Waals surface area contributed by atoms with Gasteiger partial charge in [-0.3, -0.25) is 58.2 Å². The Balaban J connectivity index is 0.627. The van der Waals surface area contributed by atoms with E-state index in [1.807, 2.05) is 73.8 Å². The molecule has 4 aromatic rings. The van der Waals surface area contributed by atoms with Gasteiger partial charge in [0.15, 0.2) is 5.72 Å². The third-order valence-electron chi connectivity index (χ3n) is 28.7. The Bertz CT molecular complexity index is 5360. The fourth-order valence-corrected chi connectivity index (χ4v) is 24.5. The molecule has 6 aliphatic rings. The number of methoxy groups -OCH3 is 1. The number of nitrogens with two attached hydrogens (primary N) is 2. The maximum absolute atomic E-state index is 14.5. The van der Waals surface area contributed by atoms with E-state index in [1.54, 1.807) is 102 Å². The highest BCUT2D eigenvalue weighted by atomic mass is 35.5. The lowest BCUT2D eigenvalue weighted by Crippen LogP contribution is -2.69. The average molecular weight is 2110 g/mol. The van der Waals surface area contributed by atoms with Gasteiger partial charge in [-0.15, -0.1) is 0 Å². The monoisotopic (exact) mass is 2100 g/mol. The number of benzene rings is 3. The van der Waals surface area contributed by atoms with Crippen molar-refractivity contribution in [2.24, 2.45) is 46.0 Å². The maximum Gasteiger partial charge on any atom is 0.410 e. The number of carbonyl (C=O) groups excluding carboxylic acids is 14. The minimum atomic E-state index is -1.88. The van der Waals surface area contributed by atoms with E-state index in [4.69, 9.17) is 66.2 Å². The van der Waals surface area contributed by atoms with Gasteiger partial charge in [0, 0.05) is 147 Å². The molecule has 146 heavy (non-hydrogen) atoms. The average Bonchev–Trinajstić information content (AvgIpc) is 1.06. The number of hydrogen-bond donors (Lipinski definition) is 11. The largest absolute Gasteiger partial charge is 0.457 e. The number of epoxide rings is 1. The SMILES string of the molecule is C=C/C=C/[C@@H](OC)[C@@]1(O)C[C@@H]([C@@H](C)[C@@H]2O[C@@]2(C)[C@H](CC(=O)N(C)/C(C=C)=C\Cl)OC(=O)[C@H](C)N(C)C(=O)CCSCC(=O)N2CCC(C(=O)NC3CCCCCC4C5SCc6nc7ccc(C(=O)NCCOCCOCCC(=O)N[C@H](C(=O)N[C@@H](CCCNC(N)=O)C(=O)Nc8ccc(COC(=O)N(C)[C@H](C(=O)N[C@H](C(N)=O)C(C)(C)C)C(C)(C)c9ccccc9)cc8)C(C)C)cc7nc6CSC5C34C)CC2)OC(=O)N1. The minimum Gasteiger partial charge on any atom is -0.457 e. The molecule has 0 spiro atoms. The number of primary amides is 2. The van der Waals surface area contributed by atoms with Gasteiger partial charge in [-0.25, -0.2) is 29.1 Å². The number of nitrogens with one attached hydrogen (secondary N) is 8. The molecule has 42 heteroatoms.